The van der Waals surface area contributed by atoms with E-state index in [-0.39, 0.29) is 0 Å². The monoisotopic (exact) mass is 288 g/mol. The summed E-state index contributed by atoms with van der Waals surface area (Å²) in [5.41, 5.74) is 2.56. The Kier molecular flexibility index (Phi) is 4.33. The maximum atomic E-state index is 5.92. The van der Waals surface area contributed by atoms with E-state index in [0.29, 0.717) is 6.61 Å². The van der Waals surface area contributed by atoms with Gasteiger partial charge in [0.2, 0.25) is 0 Å². The predicted molar refractivity (Wildman–Crippen MR) is 82.5 cm³/mol. The Labute approximate surface area is 124 Å². The Morgan fingerprint density at radius 3 is 3.10 bits per heavy atom. The van der Waals surface area contributed by atoms with E-state index in [9.17, 15) is 0 Å². The Balaban J connectivity index is 1.58. The number of hydrogen-bond donors (Lipinski definition) is 1. The fourth-order valence-corrected chi connectivity index (χ4v) is 3.54. The Bertz CT molecular complexity index is 556. The van der Waals surface area contributed by atoms with Crippen LogP contribution in [-0.2, 0) is 25.8 Å². The maximum absolute atomic E-state index is 5.92. The molecular formula is C16H20N2OS. The van der Waals surface area contributed by atoms with Crippen molar-refractivity contribution < 1.29 is 4.74 Å². The van der Waals surface area contributed by atoms with Crippen molar-refractivity contribution in [3.05, 3.63) is 45.4 Å². The third-order valence-electron chi connectivity index (χ3n) is 3.57. The second kappa shape index (κ2) is 6.37. The van der Waals surface area contributed by atoms with E-state index in [1.807, 2.05) is 17.4 Å². The topological polar surface area (TPSA) is 34.1 Å². The van der Waals surface area contributed by atoms with E-state index in [1.54, 1.807) is 0 Å². The molecule has 0 amide bonds. The number of rotatable bonds is 5. The van der Waals surface area contributed by atoms with Gasteiger partial charge in [0.05, 0.1) is 17.3 Å². The zero-order valence-electron chi connectivity index (χ0n) is 11.8. The van der Waals surface area contributed by atoms with Crippen LogP contribution in [0.25, 0.3) is 0 Å². The molecule has 20 heavy (non-hydrogen) atoms. The van der Waals surface area contributed by atoms with Gasteiger partial charge in [-0.2, -0.15) is 0 Å². The average molecular weight is 288 g/mol. The maximum Gasteiger partial charge on any atom is 0.122 e. The lowest BCUT2D eigenvalue weighted by molar-refractivity contribution is 0.318. The van der Waals surface area contributed by atoms with Crippen LogP contribution in [0.5, 0.6) is 5.75 Å². The summed E-state index contributed by atoms with van der Waals surface area (Å²) in [4.78, 5) is 6.13. The number of thiazole rings is 1. The molecule has 1 N–H and O–H groups in total. The van der Waals surface area contributed by atoms with Gasteiger partial charge in [0, 0.05) is 30.8 Å². The molecule has 0 saturated heterocycles. The highest BCUT2D eigenvalue weighted by Gasteiger charge is 2.14. The number of aryl methyl sites for hydroxylation is 1. The van der Waals surface area contributed by atoms with Gasteiger partial charge in [-0.3, -0.25) is 0 Å². The number of ether oxygens (including phenoxy) is 1. The van der Waals surface area contributed by atoms with Crippen LogP contribution >= 0.6 is 11.3 Å². The highest BCUT2D eigenvalue weighted by molar-refractivity contribution is 7.11. The first kappa shape index (κ1) is 13.6. The molecule has 1 aliphatic rings. The van der Waals surface area contributed by atoms with E-state index in [0.717, 1.165) is 38.1 Å². The summed E-state index contributed by atoms with van der Waals surface area (Å²) in [7, 11) is 0. The minimum absolute atomic E-state index is 0.705. The Morgan fingerprint density at radius 1 is 1.35 bits per heavy atom. The summed E-state index contributed by atoms with van der Waals surface area (Å²) in [6, 6.07) is 8.27. The molecule has 3 rings (SSSR count). The van der Waals surface area contributed by atoms with Crippen LogP contribution in [0.4, 0.5) is 0 Å². The number of nitrogens with zero attached hydrogens (tertiary/aromatic N) is 1. The van der Waals surface area contributed by atoms with Gasteiger partial charge in [0.1, 0.15) is 5.75 Å². The van der Waals surface area contributed by atoms with Crippen LogP contribution in [0, 0.1) is 0 Å². The van der Waals surface area contributed by atoms with E-state index in [4.69, 9.17) is 9.72 Å². The molecule has 0 bridgehead atoms. The van der Waals surface area contributed by atoms with Gasteiger partial charge in [-0.15, -0.1) is 11.3 Å². The van der Waals surface area contributed by atoms with Crippen LogP contribution in [0.15, 0.2) is 24.3 Å². The van der Waals surface area contributed by atoms with Gasteiger partial charge in [0.15, 0.2) is 0 Å². The van der Waals surface area contributed by atoms with Crippen LogP contribution < -0.4 is 10.1 Å². The molecule has 106 valence electrons. The summed E-state index contributed by atoms with van der Waals surface area (Å²) in [6.45, 7) is 4.89. The molecule has 1 aromatic heterocycles. The third-order valence-corrected chi connectivity index (χ3v) is 4.73. The molecule has 0 unspecified atom stereocenters. The molecule has 0 spiro atoms. The second-order valence-electron chi connectivity index (χ2n) is 4.96. The van der Waals surface area contributed by atoms with Crippen molar-refractivity contribution in [3.63, 3.8) is 0 Å². The minimum atomic E-state index is 0.705. The second-order valence-corrected chi connectivity index (χ2v) is 6.13. The van der Waals surface area contributed by atoms with E-state index < -0.39 is 0 Å². The quantitative estimate of drug-likeness (QED) is 0.918. The zero-order valence-corrected chi connectivity index (χ0v) is 12.6. The molecular weight excluding hydrogens is 268 g/mol. The highest BCUT2D eigenvalue weighted by Crippen LogP contribution is 2.23. The standard InChI is InChI=1S/C16H20N2OS/c1-2-12-5-3-4-6-14(12)19-10-8-16-18-13-7-9-17-11-15(13)20-16/h3-6,17H,2,7-11H2,1H3. The molecule has 2 heterocycles. The predicted octanol–water partition coefficient (Wildman–Crippen LogP) is 2.97. The lowest BCUT2D eigenvalue weighted by atomic mass is 10.1. The fourth-order valence-electron chi connectivity index (χ4n) is 2.47. The molecule has 1 aliphatic heterocycles. The van der Waals surface area contributed by atoms with Crippen molar-refractivity contribution in [2.75, 3.05) is 13.2 Å². The van der Waals surface area contributed by atoms with Crippen molar-refractivity contribution in [3.8, 4) is 5.75 Å². The summed E-state index contributed by atoms with van der Waals surface area (Å²) in [6.07, 6.45) is 2.97. The van der Waals surface area contributed by atoms with Crippen molar-refractivity contribution in [1.29, 1.82) is 0 Å². The number of aromatic nitrogens is 1. The largest absolute Gasteiger partial charge is 0.493 e. The molecule has 2 aromatic rings. The summed E-state index contributed by atoms with van der Waals surface area (Å²) < 4.78 is 5.92. The molecule has 0 aliphatic carbocycles. The first-order chi connectivity index (χ1) is 9.86. The van der Waals surface area contributed by atoms with Crippen molar-refractivity contribution in [2.45, 2.75) is 32.7 Å². The van der Waals surface area contributed by atoms with Crippen molar-refractivity contribution in [2.24, 2.45) is 0 Å². The van der Waals surface area contributed by atoms with Gasteiger partial charge in [0.25, 0.3) is 0 Å². The van der Waals surface area contributed by atoms with Gasteiger partial charge in [-0.25, -0.2) is 4.98 Å². The molecule has 3 nitrogen and oxygen atoms in total. The smallest absolute Gasteiger partial charge is 0.122 e. The van der Waals surface area contributed by atoms with Crippen LogP contribution in [0.2, 0.25) is 0 Å². The van der Waals surface area contributed by atoms with Gasteiger partial charge in [-0.05, 0) is 18.1 Å². The number of para-hydroxylation sites is 1. The van der Waals surface area contributed by atoms with E-state index in [2.05, 4.69) is 30.4 Å². The number of benzene rings is 1. The SMILES string of the molecule is CCc1ccccc1OCCc1nc2c(s1)CNCC2. The minimum Gasteiger partial charge on any atom is -0.493 e. The first-order valence-corrected chi connectivity index (χ1v) is 8.07. The van der Waals surface area contributed by atoms with Crippen molar-refractivity contribution in [1.82, 2.24) is 10.3 Å². The molecule has 4 heteroatoms. The first-order valence-electron chi connectivity index (χ1n) is 7.25. The highest BCUT2D eigenvalue weighted by atomic mass is 32.1. The zero-order chi connectivity index (χ0) is 13.8. The van der Waals surface area contributed by atoms with Gasteiger partial charge >= 0.3 is 0 Å². The molecule has 0 fully saturated rings. The normalized spacial score (nSPS) is 14.1. The van der Waals surface area contributed by atoms with Crippen molar-refractivity contribution >= 4 is 11.3 Å². The average Bonchev–Trinajstić information content (AvgIpc) is 2.90. The third kappa shape index (κ3) is 3.02. The molecule has 0 atom stereocenters. The summed E-state index contributed by atoms with van der Waals surface area (Å²) in [5.74, 6) is 1.01. The van der Waals surface area contributed by atoms with Crippen LogP contribution in [0.3, 0.4) is 0 Å². The fraction of sp³-hybridized carbons (Fsp3) is 0.438. The number of hydrogen-bond acceptors (Lipinski definition) is 4. The summed E-state index contributed by atoms with van der Waals surface area (Å²) >= 11 is 1.83. The Morgan fingerprint density at radius 2 is 2.25 bits per heavy atom. The number of nitrogens with one attached hydrogen (secondary N) is 1. The van der Waals surface area contributed by atoms with Crippen LogP contribution in [0.1, 0.15) is 28.1 Å². The van der Waals surface area contributed by atoms with E-state index in [1.165, 1.54) is 21.1 Å². The van der Waals surface area contributed by atoms with E-state index >= 15 is 0 Å². The Hall–Kier alpha value is -1.39. The van der Waals surface area contributed by atoms with Gasteiger partial charge < -0.3 is 10.1 Å². The molecule has 1 aromatic carbocycles. The molecule has 0 saturated carbocycles. The lowest BCUT2D eigenvalue weighted by Gasteiger charge is -2.09. The number of fused-ring (bicyclic) bond motifs is 1. The molecule has 0 radical (unpaired) electrons. The van der Waals surface area contributed by atoms with Crippen LogP contribution in [-0.4, -0.2) is 18.1 Å². The van der Waals surface area contributed by atoms with Gasteiger partial charge in [-0.1, -0.05) is 25.1 Å². The summed E-state index contributed by atoms with van der Waals surface area (Å²) in [5, 5.41) is 4.59. The lowest BCUT2D eigenvalue weighted by Crippen LogP contribution is -2.22.